The largest absolute Gasteiger partial charge is 0.491 e. The minimum absolute atomic E-state index is 0.113. The zero-order valence-electron chi connectivity index (χ0n) is 19.5. The molecule has 1 amide bonds. The van der Waals surface area contributed by atoms with Crippen LogP contribution in [0.25, 0.3) is 0 Å². The fraction of sp³-hybridized carbons (Fsp3) is 0.462. The number of nitrogens with zero attached hydrogens (tertiary/aromatic N) is 1. The first-order valence-electron chi connectivity index (χ1n) is 11.9. The summed E-state index contributed by atoms with van der Waals surface area (Å²) in [5.74, 6) is -0.361. The van der Waals surface area contributed by atoms with Gasteiger partial charge in [0.25, 0.3) is 5.91 Å². The molecule has 2 aliphatic heterocycles. The maximum atomic E-state index is 13.5. The van der Waals surface area contributed by atoms with Crippen LogP contribution in [0.2, 0.25) is 0 Å². The number of unbranched alkanes of at least 4 members (excludes halogenated alkanes) is 1. The average molecular weight is 449 g/mol. The van der Waals surface area contributed by atoms with E-state index in [0.29, 0.717) is 30.6 Å². The van der Waals surface area contributed by atoms with Gasteiger partial charge in [-0.25, -0.2) is 0 Å². The molecule has 2 atom stereocenters. The van der Waals surface area contributed by atoms with Crippen LogP contribution in [0, 0.1) is 5.41 Å². The molecule has 2 heterocycles. The van der Waals surface area contributed by atoms with Crippen molar-refractivity contribution in [2.24, 2.45) is 5.41 Å². The standard InChI is InChI=1S/C26H32BNO5/c1-3-4-14-26(2,25(30)32-17-19-9-6-5-7-10-19)23-11-8-15-28(23)24(29)20-12-13-21-18-33-27(31)22(21)16-20/h5-7,9-10,12-13,16,23,31H,3-4,8,11,14-15,17-18H2,1-2H3/t23?,26-/m1/s1. The van der Waals surface area contributed by atoms with Crippen molar-refractivity contribution in [1.82, 2.24) is 4.90 Å². The molecule has 0 bridgehead atoms. The maximum absolute atomic E-state index is 13.5. The number of hydrogen-bond acceptors (Lipinski definition) is 5. The van der Waals surface area contributed by atoms with E-state index in [0.717, 1.165) is 36.8 Å². The average Bonchev–Trinajstić information content (AvgIpc) is 3.48. The first kappa shape index (κ1) is 23.5. The van der Waals surface area contributed by atoms with Crippen molar-refractivity contribution in [3.8, 4) is 0 Å². The van der Waals surface area contributed by atoms with E-state index in [1.54, 1.807) is 12.1 Å². The summed E-state index contributed by atoms with van der Waals surface area (Å²) in [5.41, 5.74) is 2.22. The Bertz CT molecular complexity index is 997. The number of rotatable bonds is 8. The van der Waals surface area contributed by atoms with Crippen LogP contribution < -0.4 is 5.46 Å². The number of benzene rings is 2. The molecule has 0 aromatic heterocycles. The molecule has 1 unspecified atom stereocenters. The number of amides is 1. The van der Waals surface area contributed by atoms with E-state index in [9.17, 15) is 14.6 Å². The Morgan fingerprint density at radius 1 is 1.24 bits per heavy atom. The predicted octanol–water partition coefficient (Wildman–Crippen LogP) is 3.45. The molecule has 1 saturated heterocycles. The smallest absolute Gasteiger partial charge is 0.460 e. The molecule has 0 radical (unpaired) electrons. The van der Waals surface area contributed by atoms with Crippen molar-refractivity contribution in [3.63, 3.8) is 0 Å². The Labute approximate surface area is 196 Å². The summed E-state index contributed by atoms with van der Waals surface area (Å²) in [6.45, 7) is 5.23. The van der Waals surface area contributed by atoms with Gasteiger partial charge in [0.1, 0.15) is 6.61 Å². The van der Waals surface area contributed by atoms with Crippen molar-refractivity contribution < 1.29 is 24.0 Å². The van der Waals surface area contributed by atoms with Crippen molar-refractivity contribution in [2.75, 3.05) is 6.54 Å². The van der Waals surface area contributed by atoms with E-state index in [-0.39, 0.29) is 24.5 Å². The van der Waals surface area contributed by atoms with Crippen LogP contribution >= 0.6 is 0 Å². The molecule has 1 fully saturated rings. The number of esters is 1. The first-order chi connectivity index (χ1) is 15.9. The monoisotopic (exact) mass is 449 g/mol. The molecule has 174 valence electrons. The molecule has 0 aliphatic carbocycles. The minimum Gasteiger partial charge on any atom is -0.460 e. The van der Waals surface area contributed by atoms with Crippen LogP contribution in [-0.4, -0.2) is 41.5 Å². The number of ether oxygens (including phenoxy) is 1. The SMILES string of the molecule is CCCC[C@@](C)(C(=O)OCc1ccccc1)C1CCCN1C(=O)c1ccc2c(c1)B(O)OC2. The van der Waals surface area contributed by atoms with Gasteiger partial charge in [-0.3, -0.25) is 9.59 Å². The van der Waals surface area contributed by atoms with E-state index in [4.69, 9.17) is 9.39 Å². The normalized spacial score (nSPS) is 19.3. The zero-order chi connectivity index (χ0) is 23.4. The highest BCUT2D eigenvalue weighted by Crippen LogP contribution is 2.40. The molecule has 2 aromatic rings. The molecule has 33 heavy (non-hydrogen) atoms. The molecule has 0 spiro atoms. The molecule has 6 nitrogen and oxygen atoms in total. The van der Waals surface area contributed by atoms with E-state index in [1.807, 2.05) is 48.2 Å². The van der Waals surface area contributed by atoms with Gasteiger partial charge in [0.2, 0.25) is 0 Å². The second kappa shape index (κ2) is 10.1. The lowest BCUT2D eigenvalue weighted by atomic mass is 9.76. The highest BCUT2D eigenvalue weighted by molar-refractivity contribution is 6.61. The molecular weight excluding hydrogens is 417 g/mol. The topological polar surface area (TPSA) is 76.1 Å². The number of carbonyl (C=O) groups is 2. The van der Waals surface area contributed by atoms with Crippen molar-refractivity contribution >= 4 is 24.5 Å². The van der Waals surface area contributed by atoms with Gasteiger partial charge in [0.15, 0.2) is 0 Å². The van der Waals surface area contributed by atoms with Crippen LogP contribution in [0.1, 0.15) is 67.4 Å². The fourth-order valence-electron chi connectivity index (χ4n) is 5.02. The Morgan fingerprint density at radius 3 is 2.79 bits per heavy atom. The van der Waals surface area contributed by atoms with Crippen LogP contribution in [0.5, 0.6) is 0 Å². The third-order valence-electron chi connectivity index (χ3n) is 7.03. The summed E-state index contributed by atoms with van der Waals surface area (Å²) in [6.07, 6.45) is 4.13. The zero-order valence-corrected chi connectivity index (χ0v) is 19.5. The molecule has 4 rings (SSSR count). The fourth-order valence-corrected chi connectivity index (χ4v) is 5.02. The minimum atomic E-state index is -0.995. The second-order valence-electron chi connectivity index (χ2n) is 9.32. The van der Waals surface area contributed by atoms with Crippen molar-refractivity contribution in [1.29, 1.82) is 0 Å². The Morgan fingerprint density at radius 2 is 2.03 bits per heavy atom. The number of carbonyl (C=O) groups excluding carboxylic acids is 2. The van der Waals surface area contributed by atoms with Gasteiger partial charge in [0, 0.05) is 18.2 Å². The number of fused-ring (bicyclic) bond motifs is 1. The van der Waals surface area contributed by atoms with Gasteiger partial charge >= 0.3 is 13.1 Å². The van der Waals surface area contributed by atoms with E-state index in [2.05, 4.69) is 6.92 Å². The molecular formula is C26H32BNO5. The Kier molecular flexibility index (Phi) is 7.20. The van der Waals surface area contributed by atoms with Gasteiger partial charge in [-0.2, -0.15) is 0 Å². The van der Waals surface area contributed by atoms with Crippen LogP contribution in [-0.2, 0) is 27.4 Å². The first-order valence-corrected chi connectivity index (χ1v) is 11.9. The van der Waals surface area contributed by atoms with E-state index in [1.165, 1.54) is 0 Å². The summed E-state index contributed by atoms with van der Waals surface area (Å²) < 4.78 is 11.1. The molecule has 0 saturated carbocycles. The van der Waals surface area contributed by atoms with Crippen molar-refractivity contribution in [3.05, 3.63) is 65.2 Å². The lowest BCUT2D eigenvalue weighted by Gasteiger charge is -2.39. The van der Waals surface area contributed by atoms with Gasteiger partial charge in [-0.05, 0) is 54.9 Å². The Hall–Kier alpha value is -2.64. The van der Waals surface area contributed by atoms with Gasteiger partial charge < -0.3 is 19.3 Å². The third-order valence-corrected chi connectivity index (χ3v) is 7.03. The number of hydrogen-bond donors (Lipinski definition) is 1. The van der Waals surface area contributed by atoms with Gasteiger partial charge in [-0.15, -0.1) is 0 Å². The van der Waals surface area contributed by atoms with E-state index >= 15 is 0 Å². The molecule has 7 heteroatoms. The highest BCUT2D eigenvalue weighted by Gasteiger charge is 2.48. The Balaban J connectivity index is 1.55. The lowest BCUT2D eigenvalue weighted by Crippen LogP contribution is -2.50. The van der Waals surface area contributed by atoms with Crippen LogP contribution in [0.15, 0.2) is 48.5 Å². The highest BCUT2D eigenvalue weighted by atomic mass is 16.5. The summed E-state index contributed by atoms with van der Waals surface area (Å²) in [4.78, 5) is 28.8. The lowest BCUT2D eigenvalue weighted by molar-refractivity contribution is -0.160. The summed E-state index contributed by atoms with van der Waals surface area (Å²) in [6, 6.07) is 14.8. The third kappa shape index (κ3) is 4.85. The van der Waals surface area contributed by atoms with Gasteiger partial charge in [0.05, 0.1) is 12.0 Å². The summed E-state index contributed by atoms with van der Waals surface area (Å²) in [5, 5.41) is 10.0. The van der Waals surface area contributed by atoms with E-state index < -0.39 is 12.5 Å². The van der Waals surface area contributed by atoms with Crippen molar-refractivity contribution in [2.45, 2.75) is 65.2 Å². The summed E-state index contributed by atoms with van der Waals surface area (Å²) in [7, 11) is -0.995. The summed E-state index contributed by atoms with van der Waals surface area (Å²) >= 11 is 0. The van der Waals surface area contributed by atoms with Crippen LogP contribution in [0.4, 0.5) is 0 Å². The maximum Gasteiger partial charge on any atom is 0.491 e. The number of likely N-dealkylation sites (tertiary alicyclic amines) is 1. The quantitative estimate of drug-likeness (QED) is 0.494. The molecule has 2 aliphatic rings. The predicted molar refractivity (Wildman–Crippen MR) is 127 cm³/mol. The second-order valence-corrected chi connectivity index (χ2v) is 9.32. The van der Waals surface area contributed by atoms with Crippen LogP contribution in [0.3, 0.4) is 0 Å². The molecule has 1 N–H and O–H groups in total. The van der Waals surface area contributed by atoms with Gasteiger partial charge in [-0.1, -0.05) is 56.2 Å². The molecule has 2 aromatic carbocycles.